The van der Waals surface area contributed by atoms with Gasteiger partial charge in [-0.05, 0) is 68.5 Å². The molecule has 0 saturated carbocycles. The maximum atomic E-state index is 12.8. The van der Waals surface area contributed by atoms with Crippen molar-refractivity contribution in [1.29, 1.82) is 0 Å². The second-order valence-corrected chi connectivity index (χ2v) is 7.02. The van der Waals surface area contributed by atoms with E-state index in [1.807, 2.05) is 12.1 Å². The summed E-state index contributed by atoms with van der Waals surface area (Å²) in [6.07, 6.45) is 3.41. The predicted molar refractivity (Wildman–Crippen MR) is 109 cm³/mol. The number of hydrogen-bond donors (Lipinski definition) is 1. The van der Waals surface area contributed by atoms with E-state index in [4.69, 9.17) is 0 Å². The number of benzene rings is 1. The lowest BCUT2D eigenvalue weighted by Crippen LogP contribution is -2.32. The number of halogens is 2. The molecule has 2 saturated heterocycles. The molecule has 0 radical (unpaired) electrons. The van der Waals surface area contributed by atoms with Gasteiger partial charge in [-0.15, -0.1) is 24.8 Å². The maximum Gasteiger partial charge on any atom is 0.253 e. The van der Waals surface area contributed by atoms with E-state index in [9.17, 15) is 4.79 Å². The zero-order valence-electron chi connectivity index (χ0n) is 15.2. The fourth-order valence-corrected chi connectivity index (χ4v) is 3.93. The Balaban J connectivity index is 0.00000156. The van der Waals surface area contributed by atoms with Crippen molar-refractivity contribution in [2.45, 2.75) is 26.2 Å². The summed E-state index contributed by atoms with van der Waals surface area (Å²) in [5.74, 6) is 1.72. The second kappa shape index (κ2) is 10.2. The maximum absolute atomic E-state index is 12.8. The molecule has 1 amide bonds. The van der Waals surface area contributed by atoms with Crippen LogP contribution in [0.1, 0.15) is 36.5 Å². The number of rotatable bonds is 4. The third kappa shape index (κ3) is 5.25. The predicted octanol–water partition coefficient (Wildman–Crippen LogP) is 3.45. The smallest absolute Gasteiger partial charge is 0.253 e. The molecule has 2 aliphatic rings. The Kier molecular flexibility index (Phi) is 9.04. The molecule has 142 valence electrons. The summed E-state index contributed by atoms with van der Waals surface area (Å²) in [5, 5.41) is 3.49. The number of fused-ring (bicyclic) bond motifs is 1. The van der Waals surface area contributed by atoms with Gasteiger partial charge >= 0.3 is 0 Å². The van der Waals surface area contributed by atoms with Gasteiger partial charge < -0.3 is 15.1 Å². The van der Waals surface area contributed by atoms with Gasteiger partial charge in [0.25, 0.3) is 5.91 Å². The lowest BCUT2D eigenvalue weighted by molar-refractivity contribution is 0.0758. The molecule has 0 spiro atoms. The highest BCUT2D eigenvalue weighted by molar-refractivity contribution is 5.94. The van der Waals surface area contributed by atoms with E-state index in [2.05, 4.69) is 41.2 Å². The highest BCUT2D eigenvalue weighted by Gasteiger charge is 2.31. The van der Waals surface area contributed by atoms with Crippen LogP contribution in [-0.4, -0.2) is 50.6 Å². The molecule has 0 unspecified atom stereocenters. The largest absolute Gasteiger partial charge is 0.375 e. The number of likely N-dealkylation sites (tertiary alicyclic amines) is 1. The van der Waals surface area contributed by atoms with Crippen LogP contribution in [0.25, 0.3) is 0 Å². The van der Waals surface area contributed by atoms with Crippen LogP contribution in [-0.2, 0) is 0 Å². The molecule has 0 aromatic heterocycles. The normalized spacial score (nSPS) is 22.2. The van der Waals surface area contributed by atoms with Crippen molar-refractivity contribution in [3.8, 4) is 0 Å². The van der Waals surface area contributed by atoms with Gasteiger partial charge in [-0.2, -0.15) is 0 Å². The van der Waals surface area contributed by atoms with Crippen molar-refractivity contribution < 1.29 is 4.79 Å². The number of anilines is 1. The molecule has 2 fully saturated rings. The number of amides is 1. The van der Waals surface area contributed by atoms with Crippen molar-refractivity contribution in [3.05, 3.63) is 29.8 Å². The molecular weight excluding hydrogens is 357 g/mol. The number of nitrogens with zero attached hydrogens (tertiary/aromatic N) is 2. The average Bonchev–Trinajstić information content (AvgIpc) is 2.93. The van der Waals surface area contributed by atoms with Gasteiger partial charge in [0.15, 0.2) is 0 Å². The Morgan fingerprint density at radius 2 is 1.68 bits per heavy atom. The molecule has 2 aliphatic heterocycles. The Bertz CT molecular complexity index is 524. The molecule has 2 atom stereocenters. The lowest BCUT2D eigenvalue weighted by Gasteiger charge is -2.22. The minimum atomic E-state index is 0. The molecule has 3 rings (SSSR count). The van der Waals surface area contributed by atoms with E-state index in [-0.39, 0.29) is 30.7 Å². The van der Waals surface area contributed by atoms with Crippen LogP contribution < -0.4 is 10.2 Å². The van der Waals surface area contributed by atoms with Gasteiger partial charge in [-0.25, -0.2) is 0 Å². The number of carbonyl (C=O) groups is 1. The van der Waals surface area contributed by atoms with Crippen molar-refractivity contribution in [2.75, 3.05) is 44.7 Å². The second-order valence-electron chi connectivity index (χ2n) is 7.02. The Labute approximate surface area is 164 Å². The molecule has 0 bridgehead atoms. The monoisotopic (exact) mass is 387 g/mol. The first kappa shape index (κ1) is 22.1. The highest BCUT2D eigenvalue weighted by Crippen LogP contribution is 2.27. The topological polar surface area (TPSA) is 35.6 Å². The Morgan fingerprint density at radius 3 is 2.20 bits per heavy atom. The summed E-state index contributed by atoms with van der Waals surface area (Å²) < 4.78 is 0. The molecule has 1 aromatic carbocycles. The minimum absolute atomic E-state index is 0. The minimum Gasteiger partial charge on any atom is -0.375 e. The van der Waals surface area contributed by atoms with Crippen molar-refractivity contribution in [3.63, 3.8) is 0 Å². The standard InChI is InChI=1S/C19H29N3O.2ClH/c1-3-10-21(2)18-6-4-15(5-7-18)19(23)22-11-8-16-13-20-14-17(16)9-12-22;;/h4-7,16-17,20H,3,8-14H2,1-2H3;2*1H/t16-,17+;;. The molecule has 4 nitrogen and oxygen atoms in total. The quantitative estimate of drug-likeness (QED) is 0.858. The zero-order valence-corrected chi connectivity index (χ0v) is 16.9. The highest BCUT2D eigenvalue weighted by atomic mass is 35.5. The van der Waals surface area contributed by atoms with Crippen LogP contribution in [0, 0.1) is 11.8 Å². The van der Waals surface area contributed by atoms with Crippen molar-refractivity contribution in [2.24, 2.45) is 11.8 Å². The first-order chi connectivity index (χ1) is 11.2. The van der Waals surface area contributed by atoms with Gasteiger partial charge in [-0.1, -0.05) is 6.92 Å². The van der Waals surface area contributed by atoms with Gasteiger partial charge in [0.05, 0.1) is 0 Å². The third-order valence-electron chi connectivity index (χ3n) is 5.42. The van der Waals surface area contributed by atoms with Crippen molar-refractivity contribution in [1.82, 2.24) is 10.2 Å². The molecule has 2 heterocycles. The average molecular weight is 388 g/mol. The molecule has 1 N–H and O–H groups in total. The summed E-state index contributed by atoms with van der Waals surface area (Å²) in [7, 11) is 2.10. The van der Waals surface area contributed by atoms with Crippen LogP contribution in [0.3, 0.4) is 0 Å². The zero-order chi connectivity index (χ0) is 16.2. The van der Waals surface area contributed by atoms with E-state index in [0.29, 0.717) is 0 Å². The Morgan fingerprint density at radius 1 is 1.12 bits per heavy atom. The first-order valence-electron chi connectivity index (χ1n) is 9.00. The van der Waals surface area contributed by atoms with Gasteiger partial charge in [0.2, 0.25) is 0 Å². The summed E-state index contributed by atoms with van der Waals surface area (Å²) in [5.41, 5.74) is 2.00. The third-order valence-corrected chi connectivity index (χ3v) is 5.42. The van der Waals surface area contributed by atoms with E-state index in [1.54, 1.807) is 0 Å². The van der Waals surface area contributed by atoms with Gasteiger partial charge in [-0.3, -0.25) is 4.79 Å². The fourth-order valence-electron chi connectivity index (χ4n) is 3.93. The Hall–Kier alpha value is -0.970. The first-order valence-corrected chi connectivity index (χ1v) is 9.00. The van der Waals surface area contributed by atoms with Crippen LogP contribution in [0.2, 0.25) is 0 Å². The van der Waals surface area contributed by atoms with E-state index in [0.717, 1.165) is 69.4 Å². The molecule has 25 heavy (non-hydrogen) atoms. The molecular formula is C19H31Cl2N3O. The van der Waals surface area contributed by atoms with Crippen molar-refractivity contribution >= 4 is 36.4 Å². The van der Waals surface area contributed by atoms with Crippen LogP contribution in [0.5, 0.6) is 0 Å². The fraction of sp³-hybridized carbons (Fsp3) is 0.632. The van der Waals surface area contributed by atoms with Crippen LogP contribution in [0.15, 0.2) is 24.3 Å². The lowest BCUT2D eigenvalue weighted by atomic mass is 9.92. The van der Waals surface area contributed by atoms with E-state index < -0.39 is 0 Å². The molecule has 0 aliphatic carbocycles. The molecule has 6 heteroatoms. The summed E-state index contributed by atoms with van der Waals surface area (Å²) in [4.78, 5) is 17.1. The molecule has 1 aromatic rings. The SMILES string of the molecule is CCCN(C)c1ccc(C(=O)N2CC[C@@H]3CNC[C@@H]3CC2)cc1.Cl.Cl. The number of carbonyl (C=O) groups excluding carboxylic acids is 1. The van der Waals surface area contributed by atoms with Crippen LogP contribution in [0.4, 0.5) is 5.69 Å². The summed E-state index contributed by atoms with van der Waals surface area (Å²) >= 11 is 0. The number of hydrogen-bond acceptors (Lipinski definition) is 3. The summed E-state index contributed by atoms with van der Waals surface area (Å²) in [6, 6.07) is 8.10. The van der Waals surface area contributed by atoms with E-state index in [1.165, 1.54) is 5.69 Å². The van der Waals surface area contributed by atoms with E-state index >= 15 is 0 Å². The van der Waals surface area contributed by atoms with Gasteiger partial charge in [0.1, 0.15) is 0 Å². The number of nitrogens with one attached hydrogen (secondary N) is 1. The summed E-state index contributed by atoms with van der Waals surface area (Å²) in [6.45, 7) is 7.28. The van der Waals surface area contributed by atoms with Gasteiger partial charge in [0, 0.05) is 37.9 Å². The van der Waals surface area contributed by atoms with Crippen LogP contribution >= 0.6 is 24.8 Å².